The molecule has 0 bridgehead atoms. The van der Waals surface area contributed by atoms with E-state index in [2.05, 4.69) is 15.1 Å². The van der Waals surface area contributed by atoms with Gasteiger partial charge in [0.2, 0.25) is 5.88 Å². The number of hydrogen-bond acceptors (Lipinski definition) is 4. The number of nitrogens with zero attached hydrogens (tertiary/aromatic N) is 5. The number of fused-ring (bicyclic) bond motifs is 1. The maximum atomic E-state index is 6.23. The van der Waals surface area contributed by atoms with Gasteiger partial charge >= 0.3 is 0 Å². The molecule has 3 heterocycles. The summed E-state index contributed by atoms with van der Waals surface area (Å²) in [6, 6.07) is 5.54. The van der Waals surface area contributed by atoms with E-state index in [0.717, 1.165) is 11.3 Å². The summed E-state index contributed by atoms with van der Waals surface area (Å²) in [5.41, 5.74) is 1.45. The van der Waals surface area contributed by atoms with Gasteiger partial charge in [-0.3, -0.25) is 9.25 Å². The molecule has 0 aliphatic rings. The Morgan fingerprint density at radius 2 is 2.05 bits per heavy atom. The van der Waals surface area contributed by atoms with Crippen LogP contribution in [0.25, 0.3) is 17.0 Å². The molecule has 104 valence electrons. The van der Waals surface area contributed by atoms with Crippen LogP contribution in [0, 0.1) is 0 Å². The van der Waals surface area contributed by atoms with Crippen molar-refractivity contribution >= 4 is 22.8 Å². The maximum Gasteiger partial charge on any atom is 0.215 e. The van der Waals surface area contributed by atoms with E-state index in [0.29, 0.717) is 17.4 Å². The molecule has 0 aliphatic heterocycles. The monoisotopic (exact) mass is 291 g/mol. The minimum atomic E-state index is -0.253. The zero-order valence-electron chi connectivity index (χ0n) is 11.4. The van der Waals surface area contributed by atoms with Gasteiger partial charge in [-0.25, -0.2) is 4.98 Å². The second-order valence-electron chi connectivity index (χ2n) is 4.47. The van der Waals surface area contributed by atoms with Crippen LogP contribution in [0.4, 0.5) is 0 Å². The molecule has 3 aromatic heterocycles. The Kier molecular flexibility index (Phi) is 3.10. The normalized spacial score (nSPS) is 12.8. The lowest BCUT2D eigenvalue weighted by molar-refractivity contribution is 0.399. The number of imidazole rings is 1. The van der Waals surface area contributed by atoms with E-state index in [1.807, 2.05) is 36.9 Å². The first kappa shape index (κ1) is 12.9. The molecule has 3 aromatic rings. The number of methoxy groups -OCH3 is 1. The number of halogens is 1. The molecule has 0 aliphatic carbocycles. The molecule has 20 heavy (non-hydrogen) atoms. The quantitative estimate of drug-likeness (QED) is 0.696. The number of rotatable bonds is 3. The zero-order valence-corrected chi connectivity index (χ0v) is 12.2. The number of ether oxygens (including phenoxy) is 1. The standard InChI is InChI=1S/C13H14ClN5O/c1-8(14)12-15-9-4-5-11(20-3)16-13(9)19(12)10-6-7-18(2)17-10/h4-8H,1-3H3. The first-order valence-corrected chi connectivity index (χ1v) is 6.61. The molecule has 1 unspecified atom stereocenters. The molecular formula is C13H14ClN5O. The van der Waals surface area contributed by atoms with E-state index >= 15 is 0 Å². The number of hydrogen-bond donors (Lipinski definition) is 0. The molecular weight excluding hydrogens is 278 g/mol. The van der Waals surface area contributed by atoms with E-state index in [1.54, 1.807) is 17.9 Å². The van der Waals surface area contributed by atoms with Crippen molar-refractivity contribution in [3.63, 3.8) is 0 Å². The Morgan fingerprint density at radius 3 is 2.65 bits per heavy atom. The number of aromatic nitrogens is 5. The number of aryl methyl sites for hydroxylation is 1. The van der Waals surface area contributed by atoms with Crippen LogP contribution in [-0.2, 0) is 7.05 Å². The third-order valence-corrected chi connectivity index (χ3v) is 3.19. The second-order valence-corrected chi connectivity index (χ2v) is 5.12. The van der Waals surface area contributed by atoms with Gasteiger partial charge in [-0.05, 0) is 13.0 Å². The molecule has 0 amide bonds. The van der Waals surface area contributed by atoms with E-state index in [-0.39, 0.29) is 5.38 Å². The molecule has 0 N–H and O–H groups in total. The predicted octanol–water partition coefficient (Wildman–Crippen LogP) is 2.46. The molecule has 0 saturated heterocycles. The molecule has 0 saturated carbocycles. The Morgan fingerprint density at radius 1 is 1.25 bits per heavy atom. The topological polar surface area (TPSA) is 57.8 Å². The summed E-state index contributed by atoms with van der Waals surface area (Å²) in [6.45, 7) is 1.87. The molecule has 7 heteroatoms. The van der Waals surface area contributed by atoms with Gasteiger partial charge in [0.25, 0.3) is 0 Å². The van der Waals surface area contributed by atoms with Crippen molar-refractivity contribution in [2.24, 2.45) is 7.05 Å². The molecule has 1 atom stereocenters. The fraction of sp³-hybridized carbons (Fsp3) is 0.308. The van der Waals surface area contributed by atoms with E-state index in [4.69, 9.17) is 16.3 Å². The second kappa shape index (κ2) is 4.79. The minimum Gasteiger partial charge on any atom is -0.481 e. The van der Waals surface area contributed by atoms with Gasteiger partial charge in [0.05, 0.1) is 12.5 Å². The van der Waals surface area contributed by atoms with E-state index in [9.17, 15) is 0 Å². The smallest absolute Gasteiger partial charge is 0.215 e. The number of pyridine rings is 1. The highest BCUT2D eigenvalue weighted by Gasteiger charge is 2.19. The lowest BCUT2D eigenvalue weighted by atomic mass is 10.4. The van der Waals surface area contributed by atoms with Crippen LogP contribution >= 0.6 is 11.6 Å². The van der Waals surface area contributed by atoms with Crippen molar-refractivity contribution in [2.45, 2.75) is 12.3 Å². The Hall–Kier alpha value is -2.08. The van der Waals surface area contributed by atoms with Crippen LogP contribution in [-0.4, -0.2) is 31.4 Å². The Bertz CT molecular complexity index is 761. The van der Waals surface area contributed by atoms with Crippen molar-refractivity contribution < 1.29 is 4.74 Å². The summed E-state index contributed by atoms with van der Waals surface area (Å²) in [6.07, 6.45) is 1.87. The predicted molar refractivity (Wildman–Crippen MR) is 76.5 cm³/mol. The molecule has 0 spiro atoms. The lowest BCUT2D eigenvalue weighted by Crippen LogP contribution is -2.04. The highest BCUT2D eigenvalue weighted by Crippen LogP contribution is 2.27. The Balaban J connectivity index is 2.32. The van der Waals surface area contributed by atoms with Gasteiger partial charge in [0.15, 0.2) is 11.5 Å². The van der Waals surface area contributed by atoms with Crippen molar-refractivity contribution in [1.82, 2.24) is 24.3 Å². The van der Waals surface area contributed by atoms with Crippen LogP contribution in [0.5, 0.6) is 5.88 Å². The third-order valence-electron chi connectivity index (χ3n) is 3.00. The highest BCUT2D eigenvalue weighted by molar-refractivity contribution is 6.20. The van der Waals surface area contributed by atoms with Gasteiger partial charge in [0, 0.05) is 25.4 Å². The fourth-order valence-corrected chi connectivity index (χ4v) is 2.23. The van der Waals surface area contributed by atoms with Crippen LogP contribution in [0.3, 0.4) is 0 Å². The minimum absolute atomic E-state index is 0.253. The number of alkyl halides is 1. The first-order chi connectivity index (χ1) is 9.60. The highest BCUT2D eigenvalue weighted by atomic mass is 35.5. The van der Waals surface area contributed by atoms with Crippen LogP contribution in [0.2, 0.25) is 0 Å². The average molecular weight is 292 g/mol. The van der Waals surface area contributed by atoms with Crippen LogP contribution in [0.1, 0.15) is 18.1 Å². The van der Waals surface area contributed by atoms with Gasteiger partial charge in [0.1, 0.15) is 11.3 Å². The largest absolute Gasteiger partial charge is 0.481 e. The third kappa shape index (κ3) is 2.02. The van der Waals surface area contributed by atoms with E-state index in [1.165, 1.54) is 0 Å². The summed E-state index contributed by atoms with van der Waals surface area (Å²) in [7, 11) is 3.45. The molecule has 0 radical (unpaired) electrons. The van der Waals surface area contributed by atoms with Crippen molar-refractivity contribution in [3.05, 3.63) is 30.2 Å². The van der Waals surface area contributed by atoms with Crippen molar-refractivity contribution in [2.75, 3.05) is 7.11 Å². The first-order valence-electron chi connectivity index (χ1n) is 6.17. The van der Waals surface area contributed by atoms with Crippen molar-refractivity contribution in [3.8, 4) is 11.7 Å². The summed E-state index contributed by atoms with van der Waals surface area (Å²) < 4.78 is 8.76. The zero-order chi connectivity index (χ0) is 14.3. The van der Waals surface area contributed by atoms with E-state index < -0.39 is 0 Å². The SMILES string of the molecule is COc1ccc2nc(C(C)Cl)n(-c3ccn(C)n3)c2n1. The maximum absolute atomic E-state index is 6.23. The van der Waals surface area contributed by atoms with Crippen LogP contribution in [0.15, 0.2) is 24.4 Å². The van der Waals surface area contributed by atoms with Gasteiger partial charge < -0.3 is 4.74 Å². The average Bonchev–Trinajstić information content (AvgIpc) is 3.00. The molecule has 6 nitrogen and oxygen atoms in total. The van der Waals surface area contributed by atoms with Crippen molar-refractivity contribution in [1.29, 1.82) is 0 Å². The van der Waals surface area contributed by atoms with Crippen LogP contribution < -0.4 is 4.74 Å². The summed E-state index contributed by atoms with van der Waals surface area (Å²) >= 11 is 6.23. The summed E-state index contributed by atoms with van der Waals surface area (Å²) in [4.78, 5) is 8.99. The summed E-state index contributed by atoms with van der Waals surface area (Å²) in [5, 5.41) is 4.15. The molecule has 0 fully saturated rings. The fourth-order valence-electron chi connectivity index (χ4n) is 2.09. The Labute approximate surface area is 121 Å². The van der Waals surface area contributed by atoms with Gasteiger partial charge in [-0.15, -0.1) is 11.6 Å². The summed E-state index contributed by atoms with van der Waals surface area (Å²) in [5.74, 6) is 1.97. The molecule has 0 aromatic carbocycles. The van der Waals surface area contributed by atoms with Gasteiger partial charge in [-0.1, -0.05) is 0 Å². The molecule has 3 rings (SSSR count). The van der Waals surface area contributed by atoms with Gasteiger partial charge in [-0.2, -0.15) is 10.1 Å². The lowest BCUT2D eigenvalue weighted by Gasteiger charge is -2.07.